The van der Waals surface area contributed by atoms with E-state index < -0.39 is 11.7 Å². The summed E-state index contributed by atoms with van der Waals surface area (Å²) in [5, 5.41) is 0. The van der Waals surface area contributed by atoms with Crippen LogP contribution in [0.25, 0.3) is 28.2 Å². The average Bonchev–Trinajstić information content (AvgIpc) is 3.13. The van der Waals surface area contributed by atoms with Crippen LogP contribution in [-0.4, -0.2) is 4.57 Å². The molecule has 0 atom stereocenters. The maximum absolute atomic E-state index is 13.7. The first kappa shape index (κ1) is 18.6. The predicted molar refractivity (Wildman–Crippen MR) is 108 cm³/mol. The summed E-state index contributed by atoms with van der Waals surface area (Å²) in [5.41, 5.74) is 2.44. The highest BCUT2D eigenvalue weighted by Crippen LogP contribution is 2.39. The van der Waals surface area contributed by atoms with Gasteiger partial charge in [0, 0.05) is 4.47 Å². The number of aromatic nitrogens is 1. The van der Waals surface area contributed by atoms with Crippen LogP contribution in [0.15, 0.2) is 89.4 Å². The van der Waals surface area contributed by atoms with Crippen molar-refractivity contribution in [2.24, 2.45) is 0 Å². The van der Waals surface area contributed by atoms with Gasteiger partial charge in [0.1, 0.15) is 0 Å². The lowest BCUT2D eigenvalue weighted by atomic mass is 10.1. The van der Waals surface area contributed by atoms with Crippen molar-refractivity contribution in [2.45, 2.75) is 6.18 Å². The summed E-state index contributed by atoms with van der Waals surface area (Å²) in [6, 6.07) is 27.0. The minimum absolute atomic E-state index is 0.0979. The molecule has 28 heavy (non-hydrogen) atoms. The van der Waals surface area contributed by atoms with Gasteiger partial charge in [-0.25, -0.2) is 0 Å². The first-order valence-corrected chi connectivity index (χ1v) is 9.35. The molecule has 139 valence electrons. The molecule has 4 aromatic rings. The number of nitrogens with zero attached hydrogens (tertiary/aromatic N) is 1. The molecule has 0 amide bonds. The Morgan fingerprint density at radius 2 is 1.29 bits per heavy atom. The molecule has 3 aromatic carbocycles. The van der Waals surface area contributed by atoms with Gasteiger partial charge in [0.05, 0.1) is 22.6 Å². The lowest BCUT2D eigenvalue weighted by Gasteiger charge is -2.19. The molecule has 1 nitrogen and oxygen atoms in total. The van der Waals surface area contributed by atoms with Gasteiger partial charge in [0.25, 0.3) is 0 Å². The predicted octanol–water partition coefficient (Wildman–Crippen LogP) is 7.39. The number of hydrogen-bond donors (Lipinski definition) is 0. The molecule has 0 saturated heterocycles. The summed E-state index contributed by atoms with van der Waals surface area (Å²) in [5.74, 6) is 0. The molecule has 1 radical (unpaired) electrons. The molecule has 0 N–H and O–H groups in total. The van der Waals surface area contributed by atoms with E-state index in [4.69, 9.17) is 0 Å². The summed E-state index contributed by atoms with van der Waals surface area (Å²) >= 11 is 3.40. The molecule has 0 spiro atoms. The highest BCUT2D eigenvalue weighted by atomic mass is 79.9. The summed E-state index contributed by atoms with van der Waals surface area (Å²) in [6.07, 6.45) is -4.46. The molecule has 0 fully saturated rings. The quantitative estimate of drug-likeness (QED) is 0.312. The van der Waals surface area contributed by atoms with Crippen molar-refractivity contribution in [3.63, 3.8) is 0 Å². The van der Waals surface area contributed by atoms with Crippen molar-refractivity contribution in [3.8, 4) is 28.2 Å². The number of alkyl halides is 3. The first-order valence-electron chi connectivity index (χ1n) is 8.56. The van der Waals surface area contributed by atoms with Crippen LogP contribution in [0.1, 0.15) is 5.56 Å². The molecule has 0 saturated carbocycles. The van der Waals surface area contributed by atoms with Crippen LogP contribution < -0.4 is 0 Å². The van der Waals surface area contributed by atoms with Gasteiger partial charge in [-0.05, 0) is 53.6 Å². The Bertz CT molecular complexity index is 1100. The van der Waals surface area contributed by atoms with Crippen molar-refractivity contribution >= 4 is 15.9 Å². The van der Waals surface area contributed by atoms with E-state index >= 15 is 0 Å². The third kappa shape index (κ3) is 3.50. The second-order valence-electron chi connectivity index (χ2n) is 6.25. The molecular weight excluding hydrogens is 427 g/mol. The van der Waals surface area contributed by atoms with Gasteiger partial charge in [0.15, 0.2) is 0 Å². The maximum atomic E-state index is 13.7. The number of benzene rings is 3. The van der Waals surface area contributed by atoms with Gasteiger partial charge in [-0.1, -0.05) is 64.5 Å². The van der Waals surface area contributed by atoms with Crippen molar-refractivity contribution in [3.05, 3.63) is 101 Å². The molecule has 0 aliphatic heterocycles. The highest BCUT2D eigenvalue weighted by Gasteiger charge is 2.34. The van der Waals surface area contributed by atoms with Crippen molar-refractivity contribution in [1.29, 1.82) is 0 Å². The number of hydrogen-bond acceptors (Lipinski definition) is 0. The van der Waals surface area contributed by atoms with Crippen LogP contribution in [-0.2, 0) is 6.18 Å². The molecule has 0 aliphatic rings. The maximum Gasteiger partial charge on any atom is 0.418 e. The third-order valence-corrected chi connectivity index (χ3v) is 5.01. The molecule has 5 heteroatoms. The average molecular weight is 441 g/mol. The summed E-state index contributed by atoms with van der Waals surface area (Å²) in [6.45, 7) is 0. The third-order valence-electron chi connectivity index (χ3n) is 4.49. The first-order chi connectivity index (χ1) is 13.4. The van der Waals surface area contributed by atoms with E-state index in [2.05, 4.69) is 22.0 Å². The van der Waals surface area contributed by atoms with Gasteiger partial charge in [0.2, 0.25) is 0 Å². The van der Waals surface area contributed by atoms with E-state index in [-0.39, 0.29) is 5.69 Å². The fourth-order valence-electron chi connectivity index (χ4n) is 3.23. The van der Waals surface area contributed by atoms with Gasteiger partial charge >= 0.3 is 6.18 Å². The van der Waals surface area contributed by atoms with Crippen LogP contribution >= 0.6 is 15.9 Å². The fraction of sp³-hybridized carbons (Fsp3) is 0.0435. The number of halogens is 4. The normalized spacial score (nSPS) is 11.6. The lowest BCUT2D eigenvalue weighted by molar-refractivity contribution is -0.137. The second kappa shape index (κ2) is 7.32. The zero-order valence-corrected chi connectivity index (χ0v) is 16.1. The molecule has 1 aromatic heterocycles. The number of para-hydroxylation sites is 1. The minimum Gasteiger partial charge on any atom is -0.309 e. The van der Waals surface area contributed by atoms with Gasteiger partial charge in [-0.15, -0.1) is 0 Å². The Labute approximate surface area is 169 Å². The van der Waals surface area contributed by atoms with E-state index in [9.17, 15) is 13.2 Å². The Hall–Kier alpha value is -2.79. The van der Waals surface area contributed by atoms with Crippen LogP contribution in [0.2, 0.25) is 0 Å². The van der Waals surface area contributed by atoms with Crippen molar-refractivity contribution in [2.75, 3.05) is 0 Å². The van der Waals surface area contributed by atoms with E-state index in [0.717, 1.165) is 21.7 Å². The zero-order chi connectivity index (χ0) is 19.7. The van der Waals surface area contributed by atoms with Gasteiger partial charge in [-0.3, -0.25) is 0 Å². The van der Waals surface area contributed by atoms with Gasteiger partial charge < -0.3 is 4.57 Å². The molecule has 1 heterocycles. The van der Waals surface area contributed by atoms with Crippen molar-refractivity contribution in [1.82, 2.24) is 4.57 Å². The van der Waals surface area contributed by atoms with Crippen LogP contribution in [0.3, 0.4) is 0 Å². The monoisotopic (exact) mass is 440 g/mol. The Balaban J connectivity index is 2.02. The lowest BCUT2D eigenvalue weighted by Crippen LogP contribution is -2.12. The standard InChI is InChI=1S/C23H14BrF3N/c24-18-12-10-17(11-13-18)21-15-14-20(16-6-2-1-3-7-16)28(21)22-9-5-4-8-19(22)23(25,26)27/h2-15H. The molecular formula is C23H14BrF3N. The van der Waals surface area contributed by atoms with E-state index in [1.54, 1.807) is 22.8 Å². The fourth-order valence-corrected chi connectivity index (χ4v) is 3.50. The van der Waals surface area contributed by atoms with E-state index in [1.165, 1.54) is 12.1 Å². The zero-order valence-electron chi connectivity index (χ0n) is 14.5. The smallest absolute Gasteiger partial charge is 0.309 e. The summed E-state index contributed by atoms with van der Waals surface area (Å²) in [4.78, 5) is 0. The molecule has 0 bridgehead atoms. The van der Waals surface area contributed by atoms with Gasteiger partial charge in [-0.2, -0.15) is 13.2 Å². The van der Waals surface area contributed by atoms with Crippen LogP contribution in [0, 0.1) is 6.07 Å². The van der Waals surface area contributed by atoms with Crippen LogP contribution in [0.4, 0.5) is 13.2 Å². The highest BCUT2D eigenvalue weighted by molar-refractivity contribution is 9.10. The molecule has 0 unspecified atom stereocenters. The summed E-state index contributed by atoms with van der Waals surface area (Å²) in [7, 11) is 0. The Morgan fingerprint density at radius 3 is 1.89 bits per heavy atom. The topological polar surface area (TPSA) is 4.93 Å². The SMILES string of the molecule is FC(F)(F)c1ccccc1-n1c(-c2cc[c]cc2)ccc1-c1ccc(Br)cc1. The van der Waals surface area contributed by atoms with E-state index in [0.29, 0.717) is 11.4 Å². The van der Waals surface area contributed by atoms with Crippen molar-refractivity contribution < 1.29 is 13.2 Å². The van der Waals surface area contributed by atoms with E-state index in [1.807, 2.05) is 48.5 Å². The second-order valence-corrected chi connectivity index (χ2v) is 7.17. The van der Waals surface area contributed by atoms with Crippen LogP contribution in [0.5, 0.6) is 0 Å². The largest absolute Gasteiger partial charge is 0.418 e. The number of rotatable bonds is 3. The Kier molecular flexibility index (Phi) is 4.85. The Morgan fingerprint density at radius 1 is 0.714 bits per heavy atom. The summed E-state index contributed by atoms with van der Waals surface area (Å²) < 4.78 is 43.8. The molecule has 0 aliphatic carbocycles. The minimum atomic E-state index is -4.46. The molecule has 4 rings (SSSR count).